The molecule has 0 aliphatic carbocycles. The lowest BCUT2D eigenvalue weighted by molar-refractivity contribution is -0.123. The van der Waals surface area contributed by atoms with Crippen LogP contribution in [0.3, 0.4) is 0 Å². The molecule has 2 bridgehead atoms. The topological polar surface area (TPSA) is 55.1 Å². The Hall–Kier alpha value is -0.570. The third kappa shape index (κ3) is 0.611. The first-order valence-electron chi connectivity index (χ1n) is 3.81. The lowest BCUT2D eigenvalue weighted by Crippen LogP contribution is -2.48. The molecule has 0 aromatic heterocycles. The summed E-state index contributed by atoms with van der Waals surface area (Å²) in [4.78, 5) is 10.9. The number of carbonyl (C=O) groups is 1. The van der Waals surface area contributed by atoms with Gasteiger partial charge < -0.3 is 11.1 Å². The molecule has 0 unspecified atom stereocenters. The van der Waals surface area contributed by atoms with E-state index in [2.05, 4.69) is 5.32 Å². The first-order chi connectivity index (χ1) is 4.73. The predicted octanol–water partition coefficient (Wildman–Crippen LogP) is -0.244. The highest BCUT2D eigenvalue weighted by Crippen LogP contribution is 2.36. The van der Waals surface area contributed by atoms with Gasteiger partial charge >= 0.3 is 0 Å². The summed E-state index contributed by atoms with van der Waals surface area (Å²) < 4.78 is 0. The molecule has 10 heavy (non-hydrogen) atoms. The fraction of sp³-hybridized carbons (Fsp3) is 0.857. The van der Waals surface area contributed by atoms with Crippen LogP contribution in [0.15, 0.2) is 0 Å². The maximum absolute atomic E-state index is 10.9. The van der Waals surface area contributed by atoms with Gasteiger partial charge in [0.2, 0.25) is 5.91 Å². The maximum Gasteiger partial charge on any atom is 0.237 e. The summed E-state index contributed by atoms with van der Waals surface area (Å²) in [7, 11) is 0. The maximum atomic E-state index is 10.9. The second kappa shape index (κ2) is 1.72. The number of nitrogens with two attached hydrogens (primary N) is 1. The Morgan fingerprint density at radius 3 is 2.30 bits per heavy atom. The van der Waals surface area contributed by atoms with Crippen molar-refractivity contribution in [3.05, 3.63) is 0 Å². The van der Waals surface area contributed by atoms with Gasteiger partial charge in [0.1, 0.15) is 0 Å². The van der Waals surface area contributed by atoms with E-state index in [9.17, 15) is 4.79 Å². The zero-order valence-corrected chi connectivity index (χ0v) is 5.89. The quantitative estimate of drug-likeness (QED) is 0.528. The molecule has 0 aromatic rings. The fourth-order valence-electron chi connectivity index (χ4n) is 2.11. The highest BCUT2D eigenvalue weighted by atomic mass is 16.1. The lowest BCUT2D eigenvalue weighted by atomic mass is 9.88. The lowest BCUT2D eigenvalue weighted by Gasteiger charge is -2.20. The van der Waals surface area contributed by atoms with Crippen LogP contribution in [0.5, 0.6) is 0 Å². The van der Waals surface area contributed by atoms with Crippen molar-refractivity contribution in [2.75, 3.05) is 0 Å². The number of hydrogen-bond donors (Lipinski definition) is 2. The summed E-state index contributed by atoms with van der Waals surface area (Å²) in [5.41, 5.74) is 4.97. The molecule has 3 nitrogen and oxygen atoms in total. The van der Waals surface area contributed by atoms with Crippen LogP contribution >= 0.6 is 0 Å². The monoisotopic (exact) mass is 140 g/mol. The normalized spacial score (nSPS) is 44.2. The minimum atomic E-state index is -0.301. The van der Waals surface area contributed by atoms with Crippen LogP contribution in [-0.2, 0) is 4.79 Å². The highest BCUT2D eigenvalue weighted by molar-refractivity contribution is 5.85. The van der Waals surface area contributed by atoms with Gasteiger partial charge in [0, 0.05) is 6.04 Å². The molecule has 3 N–H and O–H groups in total. The van der Waals surface area contributed by atoms with E-state index in [4.69, 9.17) is 5.73 Å². The van der Waals surface area contributed by atoms with Crippen LogP contribution in [0.1, 0.15) is 25.7 Å². The molecule has 2 aliphatic heterocycles. The van der Waals surface area contributed by atoms with Crippen LogP contribution in [0.25, 0.3) is 0 Å². The van der Waals surface area contributed by atoms with Crippen molar-refractivity contribution in [1.82, 2.24) is 5.32 Å². The molecule has 0 radical (unpaired) electrons. The van der Waals surface area contributed by atoms with E-state index in [0.717, 1.165) is 25.7 Å². The van der Waals surface area contributed by atoms with Gasteiger partial charge in [0.15, 0.2) is 0 Å². The molecule has 56 valence electrons. The van der Waals surface area contributed by atoms with Gasteiger partial charge in [-0.05, 0) is 25.7 Å². The van der Waals surface area contributed by atoms with Gasteiger partial charge in [-0.25, -0.2) is 0 Å². The molecular formula is C7H12N2O. The Bertz CT molecular complexity index is 170. The van der Waals surface area contributed by atoms with Crippen LogP contribution in [0.2, 0.25) is 0 Å². The van der Waals surface area contributed by atoms with Crippen molar-refractivity contribution in [2.24, 2.45) is 5.73 Å². The predicted molar refractivity (Wildman–Crippen MR) is 37.3 cm³/mol. The molecule has 0 aromatic carbocycles. The number of fused-ring (bicyclic) bond motifs is 2. The Labute approximate surface area is 60.0 Å². The van der Waals surface area contributed by atoms with Crippen molar-refractivity contribution in [3.63, 3.8) is 0 Å². The van der Waals surface area contributed by atoms with Crippen LogP contribution in [0, 0.1) is 0 Å². The molecule has 2 aliphatic rings. The number of hydrogen-bond acceptors (Lipinski definition) is 2. The largest absolute Gasteiger partial charge is 0.368 e. The first-order valence-corrected chi connectivity index (χ1v) is 3.81. The number of primary amides is 1. The molecule has 3 heteroatoms. The molecule has 1 amide bonds. The number of rotatable bonds is 1. The number of nitrogens with one attached hydrogen (secondary N) is 1. The summed E-state index contributed by atoms with van der Waals surface area (Å²) in [5, 5.41) is 3.27. The van der Waals surface area contributed by atoms with Gasteiger partial charge in [-0.1, -0.05) is 0 Å². The third-order valence-corrected chi connectivity index (χ3v) is 2.79. The van der Waals surface area contributed by atoms with Crippen LogP contribution in [0.4, 0.5) is 0 Å². The van der Waals surface area contributed by atoms with Crippen molar-refractivity contribution in [2.45, 2.75) is 37.3 Å². The smallest absolute Gasteiger partial charge is 0.237 e. The summed E-state index contributed by atoms with van der Waals surface area (Å²) >= 11 is 0. The molecule has 0 atom stereocenters. The minimum Gasteiger partial charge on any atom is -0.368 e. The molecule has 2 rings (SSSR count). The summed E-state index contributed by atoms with van der Waals surface area (Å²) in [6.45, 7) is 0. The second-order valence-electron chi connectivity index (χ2n) is 3.36. The average Bonchev–Trinajstić information content (AvgIpc) is 2.45. The van der Waals surface area contributed by atoms with Gasteiger partial charge in [0.25, 0.3) is 0 Å². The van der Waals surface area contributed by atoms with Crippen molar-refractivity contribution in [3.8, 4) is 0 Å². The summed E-state index contributed by atoms with van der Waals surface area (Å²) in [6, 6.07) is 0.576. The summed E-state index contributed by atoms with van der Waals surface area (Å²) in [5.74, 6) is -0.160. The summed E-state index contributed by atoms with van der Waals surface area (Å²) in [6.07, 6.45) is 4.16. The first kappa shape index (κ1) is 6.16. The number of amides is 1. The fourth-order valence-corrected chi connectivity index (χ4v) is 2.11. The Morgan fingerprint density at radius 1 is 1.50 bits per heavy atom. The van der Waals surface area contributed by atoms with Gasteiger partial charge in [0.05, 0.1) is 5.54 Å². The van der Waals surface area contributed by atoms with Crippen LogP contribution < -0.4 is 11.1 Å². The number of carbonyl (C=O) groups excluding carboxylic acids is 1. The van der Waals surface area contributed by atoms with E-state index in [0.29, 0.717) is 6.04 Å². The zero-order valence-electron chi connectivity index (χ0n) is 5.89. The molecule has 2 fully saturated rings. The highest BCUT2D eigenvalue weighted by Gasteiger charge is 2.48. The Kier molecular flexibility index (Phi) is 1.06. The molecule has 0 spiro atoms. The molecular weight excluding hydrogens is 128 g/mol. The third-order valence-electron chi connectivity index (χ3n) is 2.79. The standard InChI is InChI=1S/C7H12N2O/c8-6(10)7-3-1-5(9-7)2-4-7/h5,9H,1-4H2,(H2,8,10). The van der Waals surface area contributed by atoms with Crippen molar-refractivity contribution >= 4 is 5.91 Å². The SMILES string of the molecule is NC(=O)C12CCC(CC1)N2. The van der Waals surface area contributed by atoms with E-state index in [1.165, 1.54) is 0 Å². The van der Waals surface area contributed by atoms with Crippen molar-refractivity contribution in [1.29, 1.82) is 0 Å². The van der Waals surface area contributed by atoms with Gasteiger partial charge in [-0.15, -0.1) is 0 Å². The molecule has 0 saturated carbocycles. The molecule has 2 saturated heterocycles. The second-order valence-corrected chi connectivity index (χ2v) is 3.36. The van der Waals surface area contributed by atoms with E-state index < -0.39 is 0 Å². The van der Waals surface area contributed by atoms with E-state index in [1.807, 2.05) is 0 Å². The Morgan fingerprint density at radius 2 is 2.10 bits per heavy atom. The molecule has 2 heterocycles. The van der Waals surface area contributed by atoms with E-state index in [1.54, 1.807) is 0 Å². The van der Waals surface area contributed by atoms with E-state index in [-0.39, 0.29) is 11.4 Å². The van der Waals surface area contributed by atoms with E-state index >= 15 is 0 Å². The minimum absolute atomic E-state index is 0.160. The Balaban J connectivity index is 2.23. The van der Waals surface area contributed by atoms with Gasteiger partial charge in [-0.2, -0.15) is 0 Å². The van der Waals surface area contributed by atoms with Crippen molar-refractivity contribution < 1.29 is 4.79 Å². The van der Waals surface area contributed by atoms with Crippen LogP contribution in [-0.4, -0.2) is 17.5 Å². The van der Waals surface area contributed by atoms with Gasteiger partial charge in [-0.3, -0.25) is 4.79 Å². The average molecular weight is 140 g/mol. The zero-order chi connectivity index (χ0) is 7.19.